The fourth-order valence-electron chi connectivity index (χ4n) is 1.04. The minimum atomic E-state index is 0.0193. The Balaban J connectivity index is 2.92. The van der Waals surface area contributed by atoms with E-state index in [2.05, 4.69) is 42.6 Å². The average molecular weight is 179 g/mol. The second-order valence-corrected chi connectivity index (χ2v) is 4.23. The zero-order valence-corrected chi connectivity index (χ0v) is 8.83. The Hall–Kier alpha value is -0.990. The Kier molecular flexibility index (Phi) is 2.96. The van der Waals surface area contributed by atoms with Crippen LogP contribution in [-0.2, 0) is 11.8 Å². The van der Waals surface area contributed by atoms with Gasteiger partial charge in [-0.05, 0) is 6.42 Å². The molecule has 0 saturated heterocycles. The van der Waals surface area contributed by atoms with Gasteiger partial charge in [0.05, 0.1) is 0 Å². The van der Waals surface area contributed by atoms with E-state index in [0.717, 1.165) is 24.5 Å². The zero-order valence-electron chi connectivity index (χ0n) is 8.83. The fourth-order valence-corrected chi connectivity index (χ4v) is 1.04. The van der Waals surface area contributed by atoms with E-state index in [0.29, 0.717) is 0 Å². The highest BCUT2D eigenvalue weighted by Crippen LogP contribution is 2.16. The molecule has 3 heteroatoms. The van der Waals surface area contributed by atoms with Crippen molar-refractivity contribution >= 4 is 0 Å². The second-order valence-electron chi connectivity index (χ2n) is 4.23. The van der Waals surface area contributed by atoms with Crippen molar-refractivity contribution in [3.63, 3.8) is 0 Å². The van der Waals surface area contributed by atoms with Gasteiger partial charge in [0.15, 0.2) is 0 Å². The monoisotopic (exact) mass is 179 g/mol. The lowest BCUT2D eigenvalue weighted by molar-refractivity contribution is 0.534. The van der Waals surface area contributed by atoms with E-state index in [-0.39, 0.29) is 5.41 Å². The largest absolute Gasteiger partial charge is 0.221 e. The SMILES string of the molecule is CCCc1ncnc(C(C)(C)C)n1. The van der Waals surface area contributed by atoms with Crippen molar-refractivity contribution in [1.82, 2.24) is 15.0 Å². The van der Waals surface area contributed by atoms with Gasteiger partial charge in [-0.3, -0.25) is 0 Å². The molecule has 1 aromatic heterocycles. The highest BCUT2D eigenvalue weighted by Gasteiger charge is 2.17. The summed E-state index contributed by atoms with van der Waals surface area (Å²) in [6.45, 7) is 8.45. The molecular weight excluding hydrogens is 162 g/mol. The third-order valence-corrected chi connectivity index (χ3v) is 1.77. The van der Waals surface area contributed by atoms with E-state index >= 15 is 0 Å². The molecule has 0 radical (unpaired) electrons. The lowest BCUT2D eigenvalue weighted by atomic mass is 9.96. The van der Waals surface area contributed by atoms with Crippen molar-refractivity contribution in [2.45, 2.75) is 46.0 Å². The Morgan fingerprint density at radius 2 is 1.92 bits per heavy atom. The molecule has 0 aliphatic heterocycles. The molecule has 1 heterocycles. The molecule has 0 N–H and O–H groups in total. The number of aromatic nitrogens is 3. The van der Waals surface area contributed by atoms with Crippen LogP contribution in [0.4, 0.5) is 0 Å². The van der Waals surface area contributed by atoms with E-state index in [1.807, 2.05) is 0 Å². The lowest BCUT2D eigenvalue weighted by Gasteiger charge is -2.15. The Morgan fingerprint density at radius 1 is 1.23 bits per heavy atom. The molecule has 0 unspecified atom stereocenters. The van der Waals surface area contributed by atoms with Crippen LogP contribution >= 0.6 is 0 Å². The smallest absolute Gasteiger partial charge is 0.137 e. The topological polar surface area (TPSA) is 38.7 Å². The summed E-state index contributed by atoms with van der Waals surface area (Å²) in [7, 11) is 0. The molecule has 3 nitrogen and oxygen atoms in total. The summed E-state index contributed by atoms with van der Waals surface area (Å²) in [5, 5.41) is 0. The molecule has 72 valence electrons. The fraction of sp³-hybridized carbons (Fsp3) is 0.700. The van der Waals surface area contributed by atoms with E-state index in [1.165, 1.54) is 0 Å². The van der Waals surface area contributed by atoms with Crippen molar-refractivity contribution in [2.75, 3.05) is 0 Å². The average Bonchev–Trinajstić information content (AvgIpc) is 2.04. The van der Waals surface area contributed by atoms with Gasteiger partial charge in [-0.15, -0.1) is 0 Å². The Bertz CT molecular complexity index is 276. The van der Waals surface area contributed by atoms with Gasteiger partial charge in [-0.2, -0.15) is 0 Å². The van der Waals surface area contributed by atoms with Gasteiger partial charge in [0.1, 0.15) is 18.0 Å². The number of hydrogen-bond acceptors (Lipinski definition) is 3. The third kappa shape index (κ3) is 2.76. The summed E-state index contributed by atoms with van der Waals surface area (Å²) in [6, 6.07) is 0. The van der Waals surface area contributed by atoms with Crippen LogP contribution in [-0.4, -0.2) is 15.0 Å². The van der Waals surface area contributed by atoms with E-state index in [9.17, 15) is 0 Å². The van der Waals surface area contributed by atoms with Crippen LogP contribution in [0.2, 0.25) is 0 Å². The van der Waals surface area contributed by atoms with Crippen LogP contribution in [0.1, 0.15) is 45.8 Å². The minimum Gasteiger partial charge on any atom is -0.221 e. The van der Waals surface area contributed by atoms with E-state index in [4.69, 9.17) is 0 Å². The molecule has 0 aliphatic rings. The molecule has 0 atom stereocenters. The molecule has 13 heavy (non-hydrogen) atoms. The third-order valence-electron chi connectivity index (χ3n) is 1.77. The molecule has 1 aromatic rings. The lowest BCUT2D eigenvalue weighted by Crippen LogP contribution is -2.17. The maximum atomic E-state index is 4.41. The number of nitrogens with zero attached hydrogens (tertiary/aromatic N) is 3. The first-order valence-corrected chi connectivity index (χ1v) is 4.72. The van der Waals surface area contributed by atoms with Crippen LogP contribution in [0.15, 0.2) is 6.33 Å². The summed E-state index contributed by atoms with van der Waals surface area (Å²) in [5.74, 6) is 1.79. The van der Waals surface area contributed by atoms with Gasteiger partial charge in [0.2, 0.25) is 0 Å². The van der Waals surface area contributed by atoms with Crippen LogP contribution in [0.3, 0.4) is 0 Å². The molecular formula is C10H17N3. The standard InChI is InChI=1S/C10H17N3/c1-5-6-8-11-7-12-9(13-8)10(2,3)4/h7H,5-6H2,1-4H3. The summed E-state index contributed by atoms with van der Waals surface area (Å²) in [6.07, 6.45) is 3.62. The first-order valence-electron chi connectivity index (χ1n) is 4.72. The summed E-state index contributed by atoms with van der Waals surface area (Å²) < 4.78 is 0. The highest BCUT2D eigenvalue weighted by atomic mass is 15.0. The van der Waals surface area contributed by atoms with Crippen LogP contribution in [0, 0.1) is 0 Å². The number of hydrogen-bond donors (Lipinski definition) is 0. The molecule has 0 spiro atoms. The molecule has 0 saturated carbocycles. The normalized spacial score (nSPS) is 11.7. The maximum Gasteiger partial charge on any atom is 0.137 e. The van der Waals surface area contributed by atoms with Crippen molar-refractivity contribution in [3.05, 3.63) is 18.0 Å². The maximum absolute atomic E-state index is 4.41. The molecule has 0 aliphatic carbocycles. The first-order chi connectivity index (χ1) is 6.04. The van der Waals surface area contributed by atoms with Crippen molar-refractivity contribution in [2.24, 2.45) is 0 Å². The predicted molar refractivity (Wildman–Crippen MR) is 52.5 cm³/mol. The van der Waals surface area contributed by atoms with Crippen LogP contribution in [0.5, 0.6) is 0 Å². The molecule has 0 amide bonds. The highest BCUT2D eigenvalue weighted by molar-refractivity contribution is 5.01. The van der Waals surface area contributed by atoms with Crippen molar-refractivity contribution in [3.8, 4) is 0 Å². The molecule has 0 fully saturated rings. The Labute approximate surface area is 79.6 Å². The quantitative estimate of drug-likeness (QED) is 0.698. The second kappa shape index (κ2) is 3.81. The van der Waals surface area contributed by atoms with Gasteiger partial charge in [0, 0.05) is 11.8 Å². The minimum absolute atomic E-state index is 0.0193. The first kappa shape index (κ1) is 10.1. The summed E-state index contributed by atoms with van der Waals surface area (Å²) >= 11 is 0. The van der Waals surface area contributed by atoms with E-state index < -0.39 is 0 Å². The van der Waals surface area contributed by atoms with Crippen LogP contribution in [0.25, 0.3) is 0 Å². The van der Waals surface area contributed by atoms with Gasteiger partial charge >= 0.3 is 0 Å². The molecule has 0 aromatic carbocycles. The van der Waals surface area contributed by atoms with Crippen LogP contribution < -0.4 is 0 Å². The molecule has 1 rings (SSSR count). The van der Waals surface area contributed by atoms with Crippen molar-refractivity contribution in [1.29, 1.82) is 0 Å². The van der Waals surface area contributed by atoms with E-state index in [1.54, 1.807) is 6.33 Å². The van der Waals surface area contributed by atoms with Crippen molar-refractivity contribution < 1.29 is 0 Å². The predicted octanol–water partition coefficient (Wildman–Crippen LogP) is 2.12. The molecule has 0 bridgehead atoms. The van der Waals surface area contributed by atoms with Gasteiger partial charge in [0.25, 0.3) is 0 Å². The van der Waals surface area contributed by atoms with Gasteiger partial charge in [-0.1, -0.05) is 27.7 Å². The zero-order chi connectivity index (χ0) is 9.90. The summed E-state index contributed by atoms with van der Waals surface area (Å²) in [5.41, 5.74) is 0.0193. The number of aryl methyl sites for hydroxylation is 1. The van der Waals surface area contributed by atoms with Gasteiger partial charge < -0.3 is 0 Å². The Morgan fingerprint density at radius 3 is 2.46 bits per heavy atom. The number of rotatable bonds is 2. The summed E-state index contributed by atoms with van der Waals surface area (Å²) in [4.78, 5) is 12.7. The van der Waals surface area contributed by atoms with Gasteiger partial charge in [-0.25, -0.2) is 15.0 Å².